The first-order chi connectivity index (χ1) is 9.70. The van der Waals surface area contributed by atoms with Crippen molar-refractivity contribution < 1.29 is 9.18 Å². The summed E-state index contributed by atoms with van der Waals surface area (Å²) in [7, 11) is 0. The molecule has 4 aliphatic rings. The van der Waals surface area contributed by atoms with Gasteiger partial charge in [0.15, 0.2) is 0 Å². The number of nitrogens with zero attached hydrogens (tertiary/aromatic N) is 2. The number of amides is 1. The van der Waals surface area contributed by atoms with Gasteiger partial charge in [-0.2, -0.15) is 0 Å². The number of rotatable bonds is 1. The molecule has 0 spiro atoms. The summed E-state index contributed by atoms with van der Waals surface area (Å²) < 4.78 is 13.9. The van der Waals surface area contributed by atoms with Gasteiger partial charge in [0.25, 0.3) is 5.91 Å². The van der Waals surface area contributed by atoms with E-state index in [-0.39, 0.29) is 17.5 Å². The molecule has 1 aromatic carbocycles. The minimum Gasteiger partial charge on any atom is -0.334 e. The van der Waals surface area contributed by atoms with Crippen LogP contribution >= 0.6 is 0 Å². The first-order valence-electron chi connectivity index (χ1n) is 7.48. The summed E-state index contributed by atoms with van der Waals surface area (Å²) in [6.07, 6.45) is 2.32. The van der Waals surface area contributed by atoms with Crippen LogP contribution in [0.4, 0.5) is 4.39 Å². The fourth-order valence-corrected chi connectivity index (χ4v) is 4.33. The van der Waals surface area contributed by atoms with Crippen LogP contribution in [0.1, 0.15) is 23.2 Å². The van der Waals surface area contributed by atoms with E-state index in [4.69, 9.17) is 0 Å². The Bertz CT molecular complexity index is 533. The van der Waals surface area contributed by atoms with Crippen LogP contribution in [0.5, 0.6) is 0 Å². The van der Waals surface area contributed by atoms with Gasteiger partial charge in [0.1, 0.15) is 5.82 Å². The fraction of sp³-hybridized carbons (Fsp3) is 0.562. The fourth-order valence-electron chi connectivity index (χ4n) is 4.33. The first kappa shape index (κ1) is 12.3. The summed E-state index contributed by atoms with van der Waals surface area (Å²) in [6, 6.07) is 6.62. The van der Waals surface area contributed by atoms with Gasteiger partial charge in [-0.05, 0) is 36.8 Å². The Morgan fingerprint density at radius 2 is 1.85 bits per heavy atom. The van der Waals surface area contributed by atoms with Gasteiger partial charge in [0.05, 0.1) is 5.56 Å². The second-order valence-corrected chi connectivity index (χ2v) is 6.51. The average molecular weight is 274 g/mol. The number of halogens is 1. The SMILES string of the molecule is O=C(c1ccccc1F)N1CC2CC3CC1CN(C3)C2. The number of hydrogen-bond acceptors (Lipinski definition) is 2. The molecule has 0 radical (unpaired) electrons. The summed E-state index contributed by atoms with van der Waals surface area (Å²) in [5, 5.41) is 0. The molecule has 4 aliphatic heterocycles. The number of carbonyl (C=O) groups is 1. The Balaban J connectivity index is 1.65. The maximum atomic E-state index is 13.9. The molecule has 0 aliphatic carbocycles. The molecule has 4 heteroatoms. The van der Waals surface area contributed by atoms with E-state index in [1.807, 2.05) is 4.90 Å². The van der Waals surface area contributed by atoms with E-state index in [0.29, 0.717) is 5.92 Å². The van der Waals surface area contributed by atoms with Gasteiger partial charge in [0.2, 0.25) is 0 Å². The molecule has 4 bridgehead atoms. The third kappa shape index (κ3) is 1.94. The Kier molecular flexibility index (Phi) is 2.81. The molecule has 5 rings (SSSR count). The Morgan fingerprint density at radius 1 is 1.05 bits per heavy atom. The van der Waals surface area contributed by atoms with E-state index in [2.05, 4.69) is 4.90 Å². The van der Waals surface area contributed by atoms with Gasteiger partial charge < -0.3 is 9.80 Å². The second kappa shape index (κ2) is 4.55. The average Bonchev–Trinajstić information content (AvgIpc) is 2.62. The molecule has 1 amide bonds. The van der Waals surface area contributed by atoms with Crippen molar-refractivity contribution in [2.75, 3.05) is 26.2 Å². The van der Waals surface area contributed by atoms with E-state index in [1.54, 1.807) is 18.2 Å². The second-order valence-electron chi connectivity index (χ2n) is 6.51. The molecule has 106 valence electrons. The quantitative estimate of drug-likeness (QED) is 0.782. The largest absolute Gasteiger partial charge is 0.334 e. The third-order valence-corrected chi connectivity index (χ3v) is 5.03. The summed E-state index contributed by atoms with van der Waals surface area (Å²) in [6.45, 7) is 4.06. The van der Waals surface area contributed by atoms with Crippen LogP contribution in [0, 0.1) is 17.7 Å². The Hall–Kier alpha value is -1.42. The van der Waals surface area contributed by atoms with Crippen molar-refractivity contribution >= 4 is 5.91 Å². The smallest absolute Gasteiger partial charge is 0.257 e. The summed E-state index contributed by atoms with van der Waals surface area (Å²) in [4.78, 5) is 17.1. The van der Waals surface area contributed by atoms with E-state index in [1.165, 1.54) is 19.0 Å². The monoisotopic (exact) mass is 274 g/mol. The zero-order chi connectivity index (χ0) is 13.7. The highest BCUT2D eigenvalue weighted by Crippen LogP contribution is 2.37. The standard InChI is InChI=1S/C16H19FN2O/c17-15-4-2-1-3-14(15)16(20)19-9-12-5-11-6-13(19)10-18(7-11)8-12/h1-4,11-13H,5-10H2. The predicted octanol–water partition coefficient (Wildman–Crippen LogP) is 1.99. The number of hydrogen-bond donors (Lipinski definition) is 0. The Labute approximate surface area is 118 Å². The molecule has 20 heavy (non-hydrogen) atoms. The van der Waals surface area contributed by atoms with Crippen molar-refractivity contribution in [3.05, 3.63) is 35.6 Å². The van der Waals surface area contributed by atoms with Crippen LogP contribution in [-0.4, -0.2) is 47.9 Å². The summed E-state index contributed by atoms with van der Waals surface area (Å²) >= 11 is 0. The predicted molar refractivity (Wildman–Crippen MR) is 73.9 cm³/mol. The highest BCUT2D eigenvalue weighted by atomic mass is 19.1. The van der Waals surface area contributed by atoms with Crippen molar-refractivity contribution in [2.45, 2.75) is 18.9 Å². The van der Waals surface area contributed by atoms with Crippen molar-refractivity contribution in [3.63, 3.8) is 0 Å². The van der Waals surface area contributed by atoms with E-state index < -0.39 is 5.82 Å². The molecule has 4 unspecified atom stereocenters. The van der Waals surface area contributed by atoms with Crippen LogP contribution in [0.2, 0.25) is 0 Å². The van der Waals surface area contributed by atoms with Crippen molar-refractivity contribution in [2.24, 2.45) is 11.8 Å². The maximum absolute atomic E-state index is 13.9. The Morgan fingerprint density at radius 3 is 2.65 bits per heavy atom. The number of piperidine rings is 2. The van der Waals surface area contributed by atoms with Gasteiger partial charge >= 0.3 is 0 Å². The molecular formula is C16H19FN2O. The highest BCUT2D eigenvalue weighted by molar-refractivity contribution is 5.94. The lowest BCUT2D eigenvalue weighted by atomic mass is 9.84. The van der Waals surface area contributed by atoms with Crippen molar-refractivity contribution in [1.29, 1.82) is 0 Å². The number of fused-ring (bicyclic) bond motifs is 1. The molecular weight excluding hydrogens is 255 g/mol. The third-order valence-electron chi connectivity index (χ3n) is 5.03. The summed E-state index contributed by atoms with van der Waals surface area (Å²) in [5.41, 5.74) is 0.226. The van der Waals surface area contributed by atoms with Gasteiger partial charge in [0, 0.05) is 32.2 Å². The maximum Gasteiger partial charge on any atom is 0.257 e. The first-order valence-corrected chi connectivity index (χ1v) is 7.48. The topological polar surface area (TPSA) is 23.6 Å². The minimum absolute atomic E-state index is 0.123. The summed E-state index contributed by atoms with van der Waals surface area (Å²) in [5.74, 6) is 0.771. The molecule has 0 saturated carbocycles. The van der Waals surface area contributed by atoms with Crippen LogP contribution < -0.4 is 0 Å². The van der Waals surface area contributed by atoms with Gasteiger partial charge in [-0.3, -0.25) is 4.79 Å². The van der Waals surface area contributed by atoms with Crippen molar-refractivity contribution in [1.82, 2.24) is 9.80 Å². The van der Waals surface area contributed by atoms with Gasteiger partial charge in [-0.25, -0.2) is 4.39 Å². The molecule has 4 atom stereocenters. The lowest BCUT2D eigenvalue weighted by Crippen LogP contribution is -2.50. The van der Waals surface area contributed by atoms with Crippen LogP contribution in [-0.2, 0) is 0 Å². The molecule has 4 fully saturated rings. The minimum atomic E-state index is -0.401. The normalized spacial score (nSPS) is 35.1. The molecule has 0 N–H and O–H groups in total. The number of carbonyl (C=O) groups excluding carboxylic acids is 1. The van der Waals surface area contributed by atoms with Crippen LogP contribution in [0.25, 0.3) is 0 Å². The number of benzene rings is 1. The zero-order valence-corrected chi connectivity index (χ0v) is 11.5. The molecule has 4 heterocycles. The molecule has 4 saturated heterocycles. The lowest BCUT2D eigenvalue weighted by Gasteiger charge is -2.41. The van der Waals surface area contributed by atoms with Crippen LogP contribution in [0.15, 0.2) is 24.3 Å². The molecule has 3 nitrogen and oxygen atoms in total. The lowest BCUT2D eigenvalue weighted by molar-refractivity contribution is 0.0569. The van der Waals surface area contributed by atoms with Gasteiger partial charge in [-0.15, -0.1) is 0 Å². The van der Waals surface area contributed by atoms with E-state index in [9.17, 15) is 9.18 Å². The highest BCUT2D eigenvalue weighted by Gasteiger charge is 2.43. The zero-order valence-electron chi connectivity index (χ0n) is 11.5. The molecule has 1 aromatic rings. The van der Waals surface area contributed by atoms with E-state index in [0.717, 1.165) is 32.0 Å². The van der Waals surface area contributed by atoms with Crippen LogP contribution in [0.3, 0.4) is 0 Å². The van der Waals surface area contributed by atoms with Crippen molar-refractivity contribution in [3.8, 4) is 0 Å². The van der Waals surface area contributed by atoms with E-state index >= 15 is 0 Å². The van der Waals surface area contributed by atoms with Gasteiger partial charge in [-0.1, -0.05) is 12.1 Å². The molecule has 0 aromatic heterocycles.